The van der Waals surface area contributed by atoms with E-state index in [9.17, 15) is 14.9 Å². The summed E-state index contributed by atoms with van der Waals surface area (Å²) in [5.74, 6) is -0.0399. The number of carbonyl (C=O) groups excluding carboxylic acids is 1. The Bertz CT molecular complexity index is 928. The number of ether oxygens (including phenoxy) is 1. The summed E-state index contributed by atoms with van der Waals surface area (Å²) in [5.41, 5.74) is 1.05. The van der Waals surface area contributed by atoms with E-state index in [0.29, 0.717) is 50.8 Å². The molecule has 0 atom stereocenters. The van der Waals surface area contributed by atoms with Crippen LogP contribution in [0.4, 0.5) is 11.6 Å². The number of H-pyrrole nitrogens is 1. The fraction of sp³-hybridized carbons (Fsp3) is 0.368. The maximum Gasteiger partial charge on any atom is 0.265 e. The van der Waals surface area contributed by atoms with Crippen LogP contribution in [-0.4, -0.2) is 62.3 Å². The fourth-order valence-electron chi connectivity index (χ4n) is 3.07. The van der Waals surface area contributed by atoms with Crippen molar-refractivity contribution in [3.8, 4) is 6.07 Å². The van der Waals surface area contributed by atoms with Crippen LogP contribution >= 0.6 is 0 Å². The average molecular weight is 382 g/mol. The summed E-state index contributed by atoms with van der Waals surface area (Å²) in [4.78, 5) is 35.3. The van der Waals surface area contributed by atoms with Crippen molar-refractivity contribution in [3.63, 3.8) is 0 Å². The molecule has 1 aliphatic heterocycles. The molecule has 1 aromatic heterocycles. The van der Waals surface area contributed by atoms with Gasteiger partial charge in [0.15, 0.2) is 0 Å². The van der Waals surface area contributed by atoms with Gasteiger partial charge in [-0.25, -0.2) is 4.98 Å². The van der Waals surface area contributed by atoms with E-state index in [4.69, 9.17) is 4.74 Å². The van der Waals surface area contributed by atoms with Gasteiger partial charge in [0.1, 0.15) is 11.6 Å². The van der Waals surface area contributed by atoms with E-state index >= 15 is 0 Å². The Morgan fingerprint density at radius 3 is 2.68 bits per heavy atom. The SMILES string of the molecule is COCCNC(=O)c1cnc(N2CCN(c3ccccc3C#N)CC2)[nH]c1=O. The molecule has 1 aromatic carbocycles. The normalized spacial score (nSPS) is 13.9. The number of piperazine rings is 1. The lowest BCUT2D eigenvalue weighted by molar-refractivity contribution is 0.0935. The number of rotatable bonds is 6. The van der Waals surface area contributed by atoms with Crippen LogP contribution in [-0.2, 0) is 4.74 Å². The van der Waals surface area contributed by atoms with E-state index in [1.54, 1.807) is 6.07 Å². The Kier molecular flexibility index (Phi) is 6.24. The summed E-state index contributed by atoms with van der Waals surface area (Å²) in [6.07, 6.45) is 1.30. The number of nitrogens with zero attached hydrogens (tertiary/aromatic N) is 4. The zero-order valence-electron chi connectivity index (χ0n) is 15.6. The second-order valence-corrected chi connectivity index (χ2v) is 6.30. The standard InChI is InChI=1S/C19H22N6O3/c1-28-11-6-21-17(26)15-13-22-19(23-18(15)27)25-9-7-24(8-10-25)16-5-3-2-4-14(16)12-20/h2-5,13H,6-11H2,1H3,(H,21,26)(H,22,23,27). The highest BCUT2D eigenvalue weighted by Gasteiger charge is 2.21. The minimum absolute atomic E-state index is 0.0264. The number of aromatic amines is 1. The average Bonchev–Trinajstić information content (AvgIpc) is 2.74. The molecule has 1 fully saturated rings. The maximum absolute atomic E-state index is 12.3. The van der Waals surface area contributed by atoms with E-state index in [-0.39, 0.29) is 5.56 Å². The smallest absolute Gasteiger partial charge is 0.265 e. The lowest BCUT2D eigenvalue weighted by Crippen LogP contribution is -2.48. The van der Waals surface area contributed by atoms with Crippen LogP contribution in [0.3, 0.4) is 0 Å². The number of benzene rings is 1. The molecule has 0 radical (unpaired) electrons. The van der Waals surface area contributed by atoms with Crippen molar-refractivity contribution in [3.05, 3.63) is 51.9 Å². The van der Waals surface area contributed by atoms with Gasteiger partial charge < -0.3 is 19.9 Å². The Morgan fingerprint density at radius 2 is 2.00 bits per heavy atom. The van der Waals surface area contributed by atoms with Gasteiger partial charge >= 0.3 is 0 Å². The minimum atomic E-state index is -0.477. The quantitative estimate of drug-likeness (QED) is 0.693. The van der Waals surface area contributed by atoms with Crippen molar-refractivity contribution in [2.75, 3.05) is 56.2 Å². The Labute approximate surface area is 162 Å². The molecule has 0 saturated carbocycles. The molecule has 1 amide bonds. The number of anilines is 2. The summed E-state index contributed by atoms with van der Waals surface area (Å²) in [6.45, 7) is 3.37. The number of hydrogen-bond acceptors (Lipinski definition) is 7. The highest BCUT2D eigenvalue weighted by Crippen LogP contribution is 2.21. The van der Waals surface area contributed by atoms with Gasteiger partial charge in [0, 0.05) is 46.0 Å². The molecule has 146 valence electrons. The van der Waals surface area contributed by atoms with Crippen molar-refractivity contribution >= 4 is 17.5 Å². The zero-order valence-corrected chi connectivity index (χ0v) is 15.6. The molecule has 2 aromatic rings. The van der Waals surface area contributed by atoms with Crippen LogP contribution in [0, 0.1) is 11.3 Å². The maximum atomic E-state index is 12.3. The molecule has 2 N–H and O–H groups in total. The fourth-order valence-corrected chi connectivity index (χ4v) is 3.07. The van der Waals surface area contributed by atoms with Gasteiger partial charge in [-0.1, -0.05) is 12.1 Å². The van der Waals surface area contributed by atoms with Crippen LogP contribution in [0.2, 0.25) is 0 Å². The molecule has 0 spiro atoms. The van der Waals surface area contributed by atoms with Crippen LogP contribution in [0.5, 0.6) is 0 Å². The third kappa shape index (κ3) is 4.29. The predicted octanol–water partition coefficient (Wildman–Crippen LogP) is 0.344. The first kappa shape index (κ1) is 19.4. The molecule has 9 heteroatoms. The summed E-state index contributed by atoms with van der Waals surface area (Å²) < 4.78 is 4.87. The number of para-hydroxylation sites is 1. The topological polar surface area (TPSA) is 114 Å². The number of hydrogen-bond donors (Lipinski definition) is 2. The third-order valence-electron chi connectivity index (χ3n) is 4.57. The van der Waals surface area contributed by atoms with Crippen molar-refractivity contribution in [1.82, 2.24) is 15.3 Å². The Balaban J connectivity index is 1.65. The number of methoxy groups -OCH3 is 1. The zero-order chi connectivity index (χ0) is 19.9. The van der Waals surface area contributed by atoms with E-state index in [2.05, 4.69) is 26.3 Å². The summed E-state index contributed by atoms with van der Waals surface area (Å²) in [7, 11) is 1.54. The van der Waals surface area contributed by atoms with Crippen LogP contribution in [0.1, 0.15) is 15.9 Å². The van der Waals surface area contributed by atoms with Gasteiger partial charge in [-0.2, -0.15) is 5.26 Å². The summed E-state index contributed by atoms with van der Waals surface area (Å²) in [6, 6.07) is 9.72. The van der Waals surface area contributed by atoms with E-state index in [1.807, 2.05) is 23.1 Å². The molecule has 3 rings (SSSR count). The number of nitriles is 1. The molecule has 9 nitrogen and oxygen atoms in total. The first-order chi connectivity index (χ1) is 13.6. The van der Waals surface area contributed by atoms with Crippen LogP contribution < -0.4 is 20.7 Å². The van der Waals surface area contributed by atoms with E-state index < -0.39 is 11.5 Å². The van der Waals surface area contributed by atoms with Gasteiger partial charge in [-0.3, -0.25) is 14.6 Å². The summed E-state index contributed by atoms with van der Waals surface area (Å²) in [5, 5.41) is 11.9. The Hall–Kier alpha value is -3.38. The second kappa shape index (κ2) is 9.01. The monoisotopic (exact) mass is 382 g/mol. The molecule has 0 unspecified atom stereocenters. The molecular weight excluding hydrogens is 360 g/mol. The number of amides is 1. The molecule has 1 aliphatic rings. The minimum Gasteiger partial charge on any atom is -0.383 e. The van der Waals surface area contributed by atoms with Crippen molar-refractivity contribution < 1.29 is 9.53 Å². The lowest BCUT2D eigenvalue weighted by atomic mass is 10.1. The molecule has 0 aliphatic carbocycles. The molecule has 28 heavy (non-hydrogen) atoms. The largest absolute Gasteiger partial charge is 0.383 e. The lowest BCUT2D eigenvalue weighted by Gasteiger charge is -2.36. The molecule has 1 saturated heterocycles. The first-order valence-corrected chi connectivity index (χ1v) is 8.99. The molecule has 2 heterocycles. The van der Waals surface area contributed by atoms with Crippen molar-refractivity contribution in [2.24, 2.45) is 0 Å². The second-order valence-electron chi connectivity index (χ2n) is 6.30. The number of aromatic nitrogens is 2. The number of carbonyl (C=O) groups is 1. The Morgan fingerprint density at radius 1 is 1.29 bits per heavy atom. The van der Waals surface area contributed by atoms with Gasteiger partial charge in [-0.15, -0.1) is 0 Å². The molecule has 0 bridgehead atoms. The highest BCUT2D eigenvalue weighted by atomic mass is 16.5. The van der Waals surface area contributed by atoms with E-state index in [0.717, 1.165) is 5.69 Å². The van der Waals surface area contributed by atoms with Crippen molar-refractivity contribution in [1.29, 1.82) is 5.26 Å². The predicted molar refractivity (Wildman–Crippen MR) is 105 cm³/mol. The molecular formula is C19H22N6O3. The third-order valence-corrected chi connectivity index (χ3v) is 4.57. The van der Waals surface area contributed by atoms with Crippen molar-refractivity contribution in [2.45, 2.75) is 0 Å². The van der Waals surface area contributed by atoms with Crippen LogP contribution in [0.15, 0.2) is 35.3 Å². The van der Waals surface area contributed by atoms with Gasteiger partial charge in [-0.05, 0) is 12.1 Å². The van der Waals surface area contributed by atoms with Gasteiger partial charge in [0.2, 0.25) is 5.95 Å². The highest BCUT2D eigenvalue weighted by molar-refractivity contribution is 5.93. The van der Waals surface area contributed by atoms with Gasteiger partial charge in [0.25, 0.3) is 11.5 Å². The number of nitrogens with one attached hydrogen (secondary N) is 2. The van der Waals surface area contributed by atoms with Gasteiger partial charge in [0.05, 0.1) is 17.9 Å². The van der Waals surface area contributed by atoms with E-state index in [1.165, 1.54) is 13.3 Å². The first-order valence-electron chi connectivity index (χ1n) is 8.99. The van der Waals surface area contributed by atoms with Crippen LogP contribution in [0.25, 0.3) is 0 Å². The summed E-state index contributed by atoms with van der Waals surface area (Å²) >= 11 is 0.